The van der Waals surface area contributed by atoms with E-state index in [2.05, 4.69) is 21.5 Å². The van der Waals surface area contributed by atoms with E-state index in [1.165, 1.54) is 0 Å². The summed E-state index contributed by atoms with van der Waals surface area (Å²) in [6.45, 7) is 4.49. The van der Waals surface area contributed by atoms with Crippen LogP contribution < -0.4 is 16.0 Å². The average molecular weight is 413 g/mol. The van der Waals surface area contributed by atoms with Gasteiger partial charge in [-0.25, -0.2) is 10.5 Å². The molecule has 2 aromatic rings. The molecule has 1 aliphatic heterocycles. The minimum atomic E-state index is -0.646. The summed E-state index contributed by atoms with van der Waals surface area (Å²) in [5.74, 6) is -0.477. The minimum Gasteiger partial charge on any atom is -0.469 e. The number of hydrogen-bond donors (Lipinski definition) is 2. The van der Waals surface area contributed by atoms with E-state index in [9.17, 15) is 4.79 Å². The number of anilines is 1. The van der Waals surface area contributed by atoms with E-state index in [0.29, 0.717) is 24.3 Å². The van der Waals surface area contributed by atoms with Crippen molar-refractivity contribution in [3.8, 4) is 23.3 Å². The number of nitrogen functional groups attached to an aromatic ring is 1. The van der Waals surface area contributed by atoms with Gasteiger partial charge in [0.1, 0.15) is 24.1 Å². The summed E-state index contributed by atoms with van der Waals surface area (Å²) in [4.78, 5) is 26.6. The number of hydrogen-bond acceptors (Lipinski definition) is 9. The molecule has 0 bridgehead atoms. The maximum absolute atomic E-state index is 12.7. The van der Waals surface area contributed by atoms with Crippen molar-refractivity contribution >= 4 is 11.7 Å². The van der Waals surface area contributed by atoms with Crippen LogP contribution in [-0.2, 0) is 14.3 Å². The lowest BCUT2D eigenvalue weighted by Gasteiger charge is -2.27. The molecule has 0 atom stereocenters. The first kappa shape index (κ1) is 21.4. The van der Waals surface area contributed by atoms with E-state index in [0.717, 1.165) is 0 Å². The molecule has 1 aromatic carbocycles. The zero-order chi connectivity index (χ0) is 21.7. The molecule has 30 heavy (non-hydrogen) atoms. The lowest BCUT2D eigenvalue weighted by atomic mass is 10.1. The second-order valence-corrected chi connectivity index (χ2v) is 7.27. The Balaban J connectivity index is 1.89. The molecule has 10 nitrogen and oxygen atoms in total. The Bertz CT molecular complexity index is 969. The summed E-state index contributed by atoms with van der Waals surface area (Å²) in [5, 5.41) is 9.12. The van der Waals surface area contributed by atoms with Crippen molar-refractivity contribution in [1.29, 1.82) is 5.26 Å². The van der Waals surface area contributed by atoms with Crippen LogP contribution in [0.5, 0.6) is 5.88 Å². The molecule has 1 fully saturated rings. The van der Waals surface area contributed by atoms with E-state index in [1.54, 1.807) is 31.4 Å². The van der Waals surface area contributed by atoms with Gasteiger partial charge in [-0.05, 0) is 26.0 Å². The van der Waals surface area contributed by atoms with Crippen molar-refractivity contribution in [2.75, 3.05) is 32.7 Å². The van der Waals surface area contributed by atoms with Gasteiger partial charge in [0.2, 0.25) is 5.88 Å². The highest BCUT2D eigenvalue weighted by atomic mass is 16.7. The molecule has 1 aromatic heterocycles. The van der Waals surface area contributed by atoms with Crippen LogP contribution in [-0.4, -0.2) is 54.5 Å². The van der Waals surface area contributed by atoms with Crippen molar-refractivity contribution in [2.45, 2.75) is 25.6 Å². The topological polar surface area (TPSA) is 142 Å². The first-order chi connectivity index (χ1) is 14.3. The van der Waals surface area contributed by atoms with Crippen molar-refractivity contribution in [3.05, 3.63) is 35.4 Å². The predicted octanol–water partition coefficient (Wildman–Crippen LogP) is 1.46. The fraction of sp³-hybridized carbons (Fsp3) is 0.400. The van der Waals surface area contributed by atoms with Crippen LogP contribution in [0.15, 0.2) is 24.3 Å². The van der Waals surface area contributed by atoms with E-state index >= 15 is 0 Å². The number of nitrogens with zero attached hydrogens (tertiary/aromatic N) is 3. The smallest absolute Gasteiger partial charge is 0.284 e. The van der Waals surface area contributed by atoms with Crippen LogP contribution in [0.4, 0.5) is 5.82 Å². The van der Waals surface area contributed by atoms with Gasteiger partial charge in [-0.2, -0.15) is 10.2 Å². The SMILES string of the molecule is COC(C)(C)CONC(=O)c1c(N)nc(-c2cccc(C#N)c2)nc1OC1COC1. The van der Waals surface area contributed by atoms with Crippen LogP contribution in [0.1, 0.15) is 29.8 Å². The number of benzene rings is 1. The van der Waals surface area contributed by atoms with Gasteiger partial charge in [-0.15, -0.1) is 0 Å². The second kappa shape index (κ2) is 9.04. The van der Waals surface area contributed by atoms with Crippen molar-refractivity contribution in [2.24, 2.45) is 0 Å². The average Bonchev–Trinajstić information content (AvgIpc) is 2.70. The number of nitriles is 1. The molecule has 1 aliphatic rings. The van der Waals surface area contributed by atoms with E-state index in [4.69, 9.17) is 30.0 Å². The first-order valence-corrected chi connectivity index (χ1v) is 9.22. The molecule has 0 saturated carbocycles. The third-order valence-electron chi connectivity index (χ3n) is 4.40. The molecule has 0 spiro atoms. The Kier molecular flexibility index (Phi) is 6.47. The number of carbonyl (C=O) groups is 1. The highest BCUT2D eigenvalue weighted by molar-refractivity contribution is 6.00. The standard InChI is InChI=1S/C20H23N5O5/c1-20(2,27-3)11-29-25-18(26)15-16(22)23-17(13-6-4-5-12(7-13)8-21)24-19(15)30-14-9-28-10-14/h4-7,14H,9-11H2,1-3H3,(H,25,26)(H2,22,23,24). The van der Waals surface area contributed by atoms with E-state index in [1.807, 2.05) is 13.8 Å². The van der Waals surface area contributed by atoms with E-state index in [-0.39, 0.29) is 35.8 Å². The quantitative estimate of drug-likeness (QED) is 0.615. The number of nitrogens with one attached hydrogen (secondary N) is 1. The molecule has 1 amide bonds. The molecule has 10 heteroatoms. The molecule has 158 valence electrons. The first-order valence-electron chi connectivity index (χ1n) is 9.22. The zero-order valence-corrected chi connectivity index (χ0v) is 17.0. The van der Waals surface area contributed by atoms with Gasteiger partial charge in [-0.3, -0.25) is 9.63 Å². The Morgan fingerprint density at radius 2 is 2.17 bits per heavy atom. The fourth-order valence-electron chi connectivity index (χ4n) is 2.44. The summed E-state index contributed by atoms with van der Waals surface area (Å²) < 4.78 is 16.2. The highest BCUT2D eigenvalue weighted by Gasteiger charge is 2.28. The minimum absolute atomic E-state index is 0.0141. The Labute approximate surface area is 173 Å². The summed E-state index contributed by atoms with van der Waals surface area (Å²) >= 11 is 0. The number of nitrogens with two attached hydrogens (primary N) is 1. The largest absolute Gasteiger partial charge is 0.469 e. The Morgan fingerprint density at radius 1 is 1.40 bits per heavy atom. The summed E-state index contributed by atoms with van der Waals surface area (Å²) in [6.07, 6.45) is -0.252. The number of aromatic nitrogens is 2. The molecule has 1 saturated heterocycles. The molecule has 0 radical (unpaired) electrons. The van der Waals surface area contributed by atoms with Crippen molar-refractivity contribution in [1.82, 2.24) is 15.4 Å². The maximum Gasteiger partial charge on any atom is 0.284 e. The van der Waals surface area contributed by atoms with Gasteiger partial charge in [0.05, 0.1) is 30.4 Å². The number of carbonyl (C=O) groups excluding carboxylic acids is 1. The van der Waals surface area contributed by atoms with Gasteiger partial charge in [0.15, 0.2) is 5.82 Å². The molecule has 0 aliphatic carbocycles. The van der Waals surface area contributed by atoms with Crippen LogP contribution in [0, 0.1) is 11.3 Å². The third kappa shape index (κ3) is 5.01. The van der Waals surface area contributed by atoms with Gasteiger partial charge in [-0.1, -0.05) is 12.1 Å². The maximum atomic E-state index is 12.7. The van der Waals surface area contributed by atoms with Crippen molar-refractivity contribution < 1.29 is 23.8 Å². The van der Waals surface area contributed by atoms with Gasteiger partial charge >= 0.3 is 0 Å². The monoisotopic (exact) mass is 413 g/mol. The number of methoxy groups -OCH3 is 1. The lowest BCUT2D eigenvalue weighted by molar-refractivity contribution is -0.0822. The van der Waals surface area contributed by atoms with Gasteiger partial charge in [0, 0.05) is 12.7 Å². The molecule has 3 rings (SSSR count). The highest BCUT2D eigenvalue weighted by Crippen LogP contribution is 2.28. The molecular formula is C20H23N5O5. The number of ether oxygens (including phenoxy) is 3. The fourth-order valence-corrected chi connectivity index (χ4v) is 2.44. The molecular weight excluding hydrogens is 390 g/mol. The Hall–Kier alpha value is -3.26. The van der Waals surface area contributed by atoms with E-state index < -0.39 is 11.5 Å². The zero-order valence-electron chi connectivity index (χ0n) is 17.0. The predicted molar refractivity (Wildman–Crippen MR) is 106 cm³/mol. The lowest BCUT2D eigenvalue weighted by Crippen LogP contribution is -2.40. The van der Waals surface area contributed by atoms with Gasteiger partial charge in [0.25, 0.3) is 5.91 Å². The summed E-state index contributed by atoms with van der Waals surface area (Å²) in [6, 6.07) is 8.80. The number of amides is 1. The normalized spacial score (nSPS) is 13.9. The Morgan fingerprint density at radius 3 is 2.80 bits per heavy atom. The van der Waals surface area contributed by atoms with Gasteiger partial charge < -0.3 is 19.9 Å². The van der Waals surface area contributed by atoms with Crippen LogP contribution in [0.2, 0.25) is 0 Å². The summed E-state index contributed by atoms with van der Waals surface area (Å²) in [5.41, 5.74) is 8.79. The molecule has 0 unspecified atom stereocenters. The second-order valence-electron chi connectivity index (χ2n) is 7.27. The third-order valence-corrected chi connectivity index (χ3v) is 4.40. The molecule has 3 N–H and O–H groups in total. The van der Waals surface area contributed by atoms with Crippen LogP contribution in [0.3, 0.4) is 0 Å². The molecule has 2 heterocycles. The van der Waals surface area contributed by atoms with Crippen LogP contribution >= 0.6 is 0 Å². The van der Waals surface area contributed by atoms with Crippen LogP contribution in [0.25, 0.3) is 11.4 Å². The number of hydroxylamine groups is 1. The number of rotatable bonds is 8. The summed E-state index contributed by atoms with van der Waals surface area (Å²) in [7, 11) is 1.55. The van der Waals surface area contributed by atoms with Crippen molar-refractivity contribution in [3.63, 3.8) is 0 Å².